The molecule has 8 heteroatoms. The maximum atomic E-state index is 13.6. The van der Waals surface area contributed by atoms with E-state index in [2.05, 4.69) is 10.2 Å². The van der Waals surface area contributed by atoms with Crippen LogP contribution in [-0.2, 0) is 11.3 Å². The smallest absolute Gasteiger partial charge is 0.305 e. The van der Waals surface area contributed by atoms with Gasteiger partial charge in [-0.3, -0.25) is 19.8 Å². The van der Waals surface area contributed by atoms with E-state index in [1.165, 1.54) is 18.9 Å². The van der Waals surface area contributed by atoms with E-state index in [0.29, 0.717) is 5.69 Å². The minimum atomic E-state index is -1.01. The standard InChI is InChI=1S/C19H20FN3O4/c20-16-11-15(7-8-18(16)23(25)26)27-13-19(24)21-17-6-2-1-5-14(17)12-22-9-3-4-10-22/h1-2,5-8,11H,3-4,9-10,12-13H2,(H,21,24). The third-order valence-corrected chi connectivity index (χ3v) is 4.37. The fourth-order valence-corrected chi connectivity index (χ4v) is 3.02. The molecular weight excluding hydrogens is 353 g/mol. The Kier molecular flexibility index (Phi) is 5.97. The van der Waals surface area contributed by atoms with Crippen molar-refractivity contribution in [2.24, 2.45) is 0 Å². The second-order valence-electron chi connectivity index (χ2n) is 6.35. The summed E-state index contributed by atoms with van der Waals surface area (Å²) in [6, 6.07) is 10.7. The summed E-state index contributed by atoms with van der Waals surface area (Å²) in [7, 11) is 0. The van der Waals surface area contributed by atoms with E-state index >= 15 is 0 Å². The normalized spacial score (nSPS) is 14.1. The molecular formula is C19H20FN3O4. The number of hydrogen-bond donors (Lipinski definition) is 1. The molecule has 0 bridgehead atoms. The SMILES string of the molecule is O=C(COc1ccc([N+](=O)[O-])c(F)c1)Nc1ccccc1CN1CCCC1. The number of carbonyl (C=O) groups excluding carboxylic acids is 1. The molecule has 3 rings (SSSR count). The maximum Gasteiger partial charge on any atom is 0.305 e. The van der Waals surface area contributed by atoms with Gasteiger partial charge in [0, 0.05) is 24.4 Å². The van der Waals surface area contributed by atoms with Crippen LogP contribution in [0.25, 0.3) is 0 Å². The van der Waals surface area contributed by atoms with E-state index in [-0.39, 0.29) is 18.3 Å². The minimum Gasteiger partial charge on any atom is -0.484 e. The lowest BCUT2D eigenvalue weighted by molar-refractivity contribution is -0.387. The summed E-state index contributed by atoms with van der Waals surface area (Å²) in [6.45, 7) is 2.55. The molecule has 0 radical (unpaired) electrons. The third-order valence-electron chi connectivity index (χ3n) is 4.37. The summed E-state index contributed by atoms with van der Waals surface area (Å²) >= 11 is 0. The van der Waals surface area contributed by atoms with Gasteiger partial charge in [-0.25, -0.2) is 0 Å². The predicted octanol–water partition coefficient (Wildman–Crippen LogP) is 3.35. The number of nitrogens with one attached hydrogen (secondary N) is 1. The lowest BCUT2D eigenvalue weighted by Crippen LogP contribution is -2.23. The Balaban J connectivity index is 1.58. The van der Waals surface area contributed by atoms with Gasteiger partial charge in [0.15, 0.2) is 6.61 Å². The van der Waals surface area contributed by atoms with Gasteiger partial charge in [-0.15, -0.1) is 0 Å². The Labute approximate surface area is 155 Å². The number of carbonyl (C=O) groups is 1. The number of benzene rings is 2. The Hall–Kier alpha value is -3.00. The van der Waals surface area contributed by atoms with E-state index in [4.69, 9.17) is 4.74 Å². The Morgan fingerprint density at radius 1 is 1.22 bits per heavy atom. The van der Waals surface area contributed by atoms with E-state index < -0.39 is 16.4 Å². The minimum absolute atomic E-state index is 0.0543. The lowest BCUT2D eigenvalue weighted by Gasteiger charge is -2.18. The average Bonchev–Trinajstić information content (AvgIpc) is 3.14. The fraction of sp³-hybridized carbons (Fsp3) is 0.316. The number of amides is 1. The van der Waals surface area contributed by atoms with Crippen LogP contribution in [-0.4, -0.2) is 35.4 Å². The number of likely N-dealkylation sites (tertiary alicyclic amines) is 1. The Bertz CT molecular complexity index is 837. The molecule has 1 aliphatic heterocycles. The van der Waals surface area contributed by atoms with Crippen LogP contribution in [0.3, 0.4) is 0 Å². The summed E-state index contributed by atoms with van der Waals surface area (Å²) in [4.78, 5) is 24.3. The van der Waals surface area contributed by atoms with E-state index in [1.807, 2.05) is 24.3 Å². The van der Waals surface area contributed by atoms with Gasteiger partial charge in [-0.2, -0.15) is 4.39 Å². The summed E-state index contributed by atoms with van der Waals surface area (Å²) in [6.07, 6.45) is 2.38. The number of halogens is 1. The number of nitro groups is 1. The van der Waals surface area contributed by atoms with Crippen molar-refractivity contribution in [2.75, 3.05) is 25.0 Å². The van der Waals surface area contributed by atoms with Crippen LogP contribution < -0.4 is 10.1 Å². The number of hydrogen-bond acceptors (Lipinski definition) is 5. The van der Waals surface area contributed by atoms with Crippen molar-refractivity contribution in [3.8, 4) is 5.75 Å². The Morgan fingerprint density at radius 2 is 1.96 bits per heavy atom. The molecule has 7 nitrogen and oxygen atoms in total. The van der Waals surface area contributed by atoms with Crippen LogP contribution in [0.2, 0.25) is 0 Å². The zero-order valence-corrected chi connectivity index (χ0v) is 14.7. The van der Waals surface area contributed by atoms with Crippen LogP contribution in [0.15, 0.2) is 42.5 Å². The van der Waals surface area contributed by atoms with E-state index in [9.17, 15) is 19.3 Å². The van der Waals surface area contributed by atoms with Crippen LogP contribution >= 0.6 is 0 Å². The molecule has 0 aromatic heterocycles. The van der Waals surface area contributed by atoms with Gasteiger partial charge in [0.2, 0.25) is 5.82 Å². The van der Waals surface area contributed by atoms with Gasteiger partial charge in [0.25, 0.3) is 5.91 Å². The maximum absolute atomic E-state index is 13.6. The first-order valence-corrected chi connectivity index (χ1v) is 8.70. The van der Waals surface area contributed by atoms with Gasteiger partial charge in [0.05, 0.1) is 4.92 Å². The van der Waals surface area contributed by atoms with Crippen molar-refractivity contribution in [2.45, 2.75) is 19.4 Å². The Morgan fingerprint density at radius 3 is 2.67 bits per heavy atom. The van der Waals surface area contributed by atoms with Gasteiger partial charge in [-0.1, -0.05) is 18.2 Å². The van der Waals surface area contributed by atoms with Crippen LogP contribution in [0.4, 0.5) is 15.8 Å². The van der Waals surface area contributed by atoms with Gasteiger partial charge < -0.3 is 10.1 Å². The lowest BCUT2D eigenvalue weighted by atomic mass is 10.1. The number of anilines is 1. The largest absolute Gasteiger partial charge is 0.484 e. The third kappa shape index (κ3) is 5.01. The molecule has 1 heterocycles. The zero-order valence-electron chi connectivity index (χ0n) is 14.7. The van der Waals surface area contributed by atoms with Crippen LogP contribution in [0.1, 0.15) is 18.4 Å². The molecule has 1 amide bonds. The molecule has 27 heavy (non-hydrogen) atoms. The van der Waals surface area contributed by atoms with Crippen molar-refractivity contribution >= 4 is 17.3 Å². The zero-order chi connectivity index (χ0) is 19.2. The number of nitrogens with zero attached hydrogens (tertiary/aromatic N) is 2. The molecule has 0 unspecified atom stereocenters. The monoisotopic (exact) mass is 373 g/mol. The fourth-order valence-electron chi connectivity index (χ4n) is 3.02. The first kappa shape index (κ1) is 18.8. The van der Waals surface area contributed by atoms with Gasteiger partial charge in [-0.05, 0) is 43.6 Å². The number of nitro benzene ring substituents is 1. The van der Waals surface area contributed by atoms with Crippen molar-refractivity contribution in [3.05, 3.63) is 64.0 Å². The highest BCUT2D eigenvalue weighted by atomic mass is 19.1. The van der Waals surface area contributed by atoms with Crippen molar-refractivity contribution in [3.63, 3.8) is 0 Å². The highest BCUT2D eigenvalue weighted by Crippen LogP contribution is 2.23. The van der Waals surface area contributed by atoms with E-state index in [1.54, 1.807) is 0 Å². The van der Waals surface area contributed by atoms with Gasteiger partial charge >= 0.3 is 5.69 Å². The number of para-hydroxylation sites is 1. The van der Waals surface area contributed by atoms with Gasteiger partial charge in [0.1, 0.15) is 5.75 Å². The first-order chi connectivity index (χ1) is 13.0. The molecule has 1 saturated heterocycles. The molecule has 1 fully saturated rings. The van der Waals surface area contributed by atoms with Crippen molar-refractivity contribution < 1.29 is 18.8 Å². The molecule has 0 aliphatic carbocycles. The highest BCUT2D eigenvalue weighted by molar-refractivity contribution is 5.92. The first-order valence-electron chi connectivity index (χ1n) is 8.70. The topological polar surface area (TPSA) is 84.7 Å². The van der Waals surface area contributed by atoms with Crippen LogP contribution in [0.5, 0.6) is 5.75 Å². The summed E-state index contributed by atoms with van der Waals surface area (Å²) in [5.74, 6) is -1.34. The number of ether oxygens (including phenoxy) is 1. The molecule has 1 N–H and O–H groups in total. The second-order valence-corrected chi connectivity index (χ2v) is 6.35. The molecule has 2 aromatic carbocycles. The molecule has 0 atom stereocenters. The highest BCUT2D eigenvalue weighted by Gasteiger charge is 2.16. The second kappa shape index (κ2) is 8.59. The summed E-state index contributed by atoms with van der Waals surface area (Å²) in [5.41, 5.74) is 1.10. The molecule has 142 valence electrons. The average molecular weight is 373 g/mol. The quantitative estimate of drug-likeness (QED) is 0.594. The van der Waals surface area contributed by atoms with E-state index in [0.717, 1.165) is 37.3 Å². The number of rotatable bonds is 7. The molecule has 2 aromatic rings. The molecule has 0 saturated carbocycles. The van der Waals surface area contributed by atoms with Crippen molar-refractivity contribution in [1.82, 2.24) is 4.90 Å². The predicted molar refractivity (Wildman–Crippen MR) is 98.1 cm³/mol. The van der Waals surface area contributed by atoms with Crippen molar-refractivity contribution in [1.29, 1.82) is 0 Å². The summed E-state index contributed by atoms with van der Waals surface area (Å²) < 4.78 is 18.8. The van der Waals surface area contributed by atoms with Crippen LogP contribution in [0, 0.1) is 15.9 Å². The molecule has 0 spiro atoms. The summed E-state index contributed by atoms with van der Waals surface area (Å²) in [5, 5.41) is 13.4. The molecule has 1 aliphatic rings.